The zero-order valence-electron chi connectivity index (χ0n) is 10.5. The summed E-state index contributed by atoms with van der Waals surface area (Å²) in [5.74, 6) is 1.93. The van der Waals surface area contributed by atoms with E-state index in [0.717, 1.165) is 5.56 Å². The highest BCUT2D eigenvalue weighted by Crippen LogP contribution is 2.40. The number of methoxy groups -OCH3 is 3. The summed E-state index contributed by atoms with van der Waals surface area (Å²) in [6.07, 6.45) is 4.90. The Hall–Kier alpha value is -2.30. The van der Waals surface area contributed by atoms with Crippen LogP contribution in [0.15, 0.2) is 30.7 Å². The molecule has 0 aliphatic heterocycles. The first kappa shape index (κ1) is 12.2. The van der Waals surface area contributed by atoms with Gasteiger partial charge in [-0.3, -0.25) is 9.97 Å². The largest absolute Gasteiger partial charge is 0.496 e. The number of hydrogen-bond acceptors (Lipinski definition) is 5. The van der Waals surface area contributed by atoms with Crippen LogP contribution in [0.4, 0.5) is 0 Å². The summed E-state index contributed by atoms with van der Waals surface area (Å²) in [6, 6.07) is 3.57. The molecule has 94 valence electrons. The Kier molecular flexibility index (Phi) is 3.62. The lowest BCUT2D eigenvalue weighted by molar-refractivity contribution is 0.377. The van der Waals surface area contributed by atoms with E-state index in [2.05, 4.69) is 9.97 Å². The van der Waals surface area contributed by atoms with E-state index in [1.54, 1.807) is 52.1 Å². The molecule has 0 aliphatic rings. The highest BCUT2D eigenvalue weighted by molar-refractivity contribution is 5.75. The number of benzene rings is 1. The molecule has 1 aromatic carbocycles. The third-order valence-corrected chi connectivity index (χ3v) is 2.53. The van der Waals surface area contributed by atoms with Gasteiger partial charge in [0, 0.05) is 24.5 Å². The van der Waals surface area contributed by atoms with Gasteiger partial charge in [0.1, 0.15) is 17.2 Å². The monoisotopic (exact) mass is 246 g/mol. The fourth-order valence-corrected chi connectivity index (χ4v) is 1.69. The third kappa shape index (κ3) is 2.20. The minimum absolute atomic E-state index is 0.631. The van der Waals surface area contributed by atoms with Crippen LogP contribution in [0.25, 0.3) is 11.3 Å². The summed E-state index contributed by atoms with van der Waals surface area (Å²) in [5.41, 5.74) is 1.45. The second-order valence-electron chi connectivity index (χ2n) is 3.50. The van der Waals surface area contributed by atoms with Gasteiger partial charge in [-0.25, -0.2) is 0 Å². The highest BCUT2D eigenvalue weighted by atomic mass is 16.5. The van der Waals surface area contributed by atoms with E-state index in [9.17, 15) is 0 Å². The number of aromatic nitrogens is 2. The molecule has 0 amide bonds. The average molecular weight is 246 g/mol. The van der Waals surface area contributed by atoms with Gasteiger partial charge in [0.05, 0.1) is 38.8 Å². The van der Waals surface area contributed by atoms with Crippen molar-refractivity contribution in [1.29, 1.82) is 0 Å². The molecule has 0 unspecified atom stereocenters. The Labute approximate surface area is 105 Å². The first-order valence-electron chi connectivity index (χ1n) is 5.36. The van der Waals surface area contributed by atoms with Crippen LogP contribution in [0.3, 0.4) is 0 Å². The van der Waals surface area contributed by atoms with E-state index in [1.807, 2.05) is 0 Å². The molecule has 2 rings (SSSR count). The number of rotatable bonds is 4. The second-order valence-corrected chi connectivity index (χ2v) is 3.50. The molecule has 0 N–H and O–H groups in total. The lowest BCUT2D eigenvalue weighted by Gasteiger charge is -2.14. The Balaban J connectivity index is 2.64. The summed E-state index contributed by atoms with van der Waals surface area (Å²) in [4.78, 5) is 8.31. The summed E-state index contributed by atoms with van der Waals surface area (Å²) < 4.78 is 15.9. The Morgan fingerprint density at radius 3 is 2.00 bits per heavy atom. The summed E-state index contributed by atoms with van der Waals surface area (Å²) >= 11 is 0. The molecule has 0 bridgehead atoms. The van der Waals surface area contributed by atoms with Crippen LogP contribution in [0.1, 0.15) is 0 Å². The zero-order valence-corrected chi connectivity index (χ0v) is 10.5. The molecular formula is C13H14N2O3. The molecule has 0 fully saturated rings. The van der Waals surface area contributed by atoms with Crippen molar-refractivity contribution in [2.24, 2.45) is 0 Å². The maximum atomic E-state index is 5.36. The molecular weight excluding hydrogens is 232 g/mol. The molecule has 2 aromatic rings. The van der Waals surface area contributed by atoms with Gasteiger partial charge in [0.2, 0.25) is 0 Å². The fourth-order valence-electron chi connectivity index (χ4n) is 1.69. The highest BCUT2D eigenvalue weighted by Gasteiger charge is 2.16. The Morgan fingerprint density at radius 2 is 1.56 bits per heavy atom. The zero-order chi connectivity index (χ0) is 13.0. The van der Waals surface area contributed by atoms with E-state index in [-0.39, 0.29) is 0 Å². The molecule has 0 aliphatic carbocycles. The minimum Gasteiger partial charge on any atom is -0.496 e. The van der Waals surface area contributed by atoms with E-state index in [1.165, 1.54) is 0 Å². The predicted octanol–water partition coefficient (Wildman–Crippen LogP) is 2.17. The van der Waals surface area contributed by atoms with E-state index < -0.39 is 0 Å². The van der Waals surface area contributed by atoms with Gasteiger partial charge in [-0.15, -0.1) is 0 Å². The Morgan fingerprint density at radius 1 is 0.889 bits per heavy atom. The number of nitrogens with zero attached hydrogens (tertiary/aromatic N) is 2. The van der Waals surface area contributed by atoms with Crippen molar-refractivity contribution in [3.05, 3.63) is 30.7 Å². The summed E-state index contributed by atoms with van der Waals surface area (Å²) in [7, 11) is 4.78. The van der Waals surface area contributed by atoms with Gasteiger partial charge in [0.15, 0.2) is 0 Å². The van der Waals surface area contributed by atoms with Crippen LogP contribution < -0.4 is 14.2 Å². The van der Waals surface area contributed by atoms with Gasteiger partial charge < -0.3 is 14.2 Å². The van der Waals surface area contributed by atoms with Crippen LogP contribution in [0, 0.1) is 0 Å². The van der Waals surface area contributed by atoms with E-state index in [4.69, 9.17) is 14.2 Å². The summed E-state index contributed by atoms with van der Waals surface area (Å²) in [6.45, 7) is 0. The average Bonchev–Trinajstić information content (AvgIpc) is 2.46. The first-order chi connectivity index (χ1) is 8.80. The van der Waals surface area contributed by atoms with Crippen molar-refractivity contribution in [3.63, 3.8) is 0 Å². The molecule has 18 heavy (non-hydrogen) atoms. The van der Waals surface area contributed by atoms with Crippen molar-refractivity contribution in [3.8, 4) is 28.5 Å². The smallest absolute Gasteiger partial charge is 0.135 e. The van der Waals surface area contributed by atoms with Crippen molar-refractivity contribution < 1.29 is 14.2 Å². The van der Waals surface area contributed by atoms with Crippen molar-refractivity contribution in [1.82, 2.24) is 9.97 Å². The van der Waals surface area contributed by atoms with Crippen LogP contribution in [0.5, 0.6) is 17.2 Å². The topological polar surface area (TPSA) is 53.5 Å². The Bertz CT molecular complexity index is 504. The van der Waals surface area contributed by atoms with Crippen molar-refractivity contribution in [2.45, 2.75) is 0 Å². The van der Waals surface area contributed by atoms with Crippen LogP contribution >= 0.6 is 0 Å². The molecule has 0 saturated carbocycles. The van der Waals surface area contributed by atoms with Gasteiger partial charge >= 0.3 is 0 Å². The molecule has 5 nitrogen and oxygen atoms in total. The van der Waals surface area contributed by atoms with Crippen LogP contribution in [0.2, 0.25) is 0 Å². The van der Waals surface area contributed by atoms with Crippen molar-refractivity contribution in [2.75, 3.05) is 21.3 Å². The maximum Gasteiger partial charge on any atom is 0.135 e. The second kappa shape index (κ2) is 5.35. The summed E-state index contributed by atoms with van der Waals surface area (Å²) in [5, 5.41) is 0. The molecule has 0 atom stereocenters. The van der Waals surface area contributed by atoms with Gasteiger partial charge in [0.25, 0.3) is 0 Å². The minimum atomic E-state index is 0.631. The molecule has 1 aromatic heterocycles. The van der Waals surface area contributed by atoms with E-state index in [0.29, 0.717) is 22.9 Å². The fraction of sp³-hybridized carbons (Fsp3) is 0.231. The maximum absolute atomic E-state index is 5.36. The normalized spacial score (nSPS) is 9.94. The van der Waals surface area contributed by atoms with Crippen molar-refractivity contribution >= 4 is 0 Å². The van der Waals surface area contributed by atoms with Gasteiger partial charge in [-0.05, 0) is 0 Å². The molecule has 5 heteroatoms. The number of hydrogen-bond donors (Lipinski definition) is 0. The molecule has 0 radical (unpaired) electrons. The number of ether oxygens (including phenoxy) is 3. The van der Waals surface area contributed by atoms with Gasteiger partial charge in [-0.2, -0.15) is 0 Å². The third-order valence-electron chi connectivity index (χ3n) is 2.53. The van der Waals surface area contributed by atoms with E-state index >= 15 is 0 Å². The molecule has 0 spiro atoms. The first-order valence-corrected chi connectivity index (χ1v) is 5.36. The standard InChI is InChI=1S/C13H14N2O3/c1-16-9-6-11(17-2)13(12(7-9)18-3)10-8-14-4-5-15-10/h4-8H,1-3H3. The van der Waals surface area contributed by atoms with Crippen LogP contribution in [-0.2, 0) is 0 Å². The lowest BCUT2D eigenvalue weighted by Crippen LogP contribution is -1.96. The SMILES string of the molecule is COc1cc(OC)c(-c2cnccn2)c(OC)c1. The molecule has 0 saturated heterocycles. The predicted molar refractivity (Wildman–Crippen MR) is 67.1 cm³/mol. The van der Waals surface area contributed by atoms with Gasteiger partial charge in [-0.1, -0.05) is 0 Å². The van der Waals surface area contributed by atoms with Crippen LogP contribution in [-0.4, -0.2) is 31.3 Å². The lowest BCUT2D eigenvalue weighted by atomic mass is 10.1. The molecule has 1 heterocycles. The quantitative estimate of drug-likeness (QED) is 0.827.